The molecular formula is C13H11ClN2O3. The van der Waals surface area contributed by atoms with E-state index >= 15 is 0 Å². The Morgan fingerprint density at radius 2 is 2.11 bits per heavy atom. The molecule has 6 heteroatoms. The first kappa shape index (κ1) is 12.0. The predicted molar refractivity (Wildman–Crippen MR) is 69.6 cm³/mol. The zero-order valence-corrected chi connectivity index (χ0v) is 10.7. The van der Waals surface area contributed by atoms with Crippen molar-refractivity contribution in [2.24, 2.45) is 0 Å². The van der Waals surface area contributed by atoms with Gasteiger partial charge in [0.25, 0.3) is 0 Å². The minimum atomic E-state index is -0.649. The minimum absolute atomic E-state index is 0.199. The molecule has 98 valence electrons. The zero-order chi connectivity index (χ0) is 13.2. The minimum Gasteiger partial charge on any atom is -0.410 e. The van der Waals surface area contributed by atoms with Crippen molar-refractivity contribution in [3.8, 4) is 5.75 Å². The van der Waals surface area contributed by atoms with E-state index in [9.17, 15) is 4.79 Å². The van der Waals surface area contributed by atoms with Gasteiger partial charge in [0.05, 0.1) is 0 Å². The van der Waals surface area contributed by atoms with Gasteiger partial charge in [-0.25, -0.2) is 4.79 Å². The molecule has 0 bridgehead atoms. The van der Waals surface area contributed by atoms with E-state index in [1.165, 1.54) is 0 Å². The molecule has 1 saturated carbocycles. The van der Waals surface area contributed by atoms with E-state index in [1.54, 1.807) is 24.3 Å². The number of carbonyl (C=O) groups excluding carboxylic acids is 1. The highest BCUT2D eigenvalue weighted by Crippen LogP contribution is 2.45. The third-order valence-electron chi connectivity index (χ3n) is 2.78. The number of halogens is 1. The molecule has 1 aromatic heterocycles. The molecule has 1 aliphatic carbocycles. The number of carbonyl (C=O) groups is 1. The standard InChI is InChI=1S/C13H11ClN2O3/c14-10-11(8-6-7-8)19-16-12(10)15-13(17)18-9-4-2-1-3-5-9/h1-5,8H,6-7H2,(H,15,16,17). The lowest BCUT2D eigenvalue weighted by Crippen LogP contribution is -2.17. The Hall–Kier alpha value is -2.01. The van der Waals surface area contributed by atoms with Gasteiger partial charge in [-0.15, -0.1) is 0 Å². The second-order valence-corrected chi connectivity index (χ2v) is 4.69. The van der Waals surface area contributed by atoms with Crippen LogP contribution in [0.5, 0.6) is 5.75 Å². The summed E-state index contributed by atoms with van der Waals surface area (Å²) in [7, 11) is 0. The lowest BCUT2D eigenvalue weighted by Gasteiger charge is -2.03. The summed E-state index contributed by atoms with van der Waals surface area (Å²) in [5.74, 6) is 1.61. The number of hydrogen-bond acceptors (Lipinski definition) is 4. The van der Waals surface area contributed by atoms with Crippen LogP contribution in [0.1, 0.15) is 24.5 Å². The molecule has 1 amide bonds. The molecule has 0 atom stereocenters. The van der Waals surface area contributed by atoms with Crippen LogP contribution in [0.15, 0.2) is 34.9 Å². The number of anilines is 1. The first-order valence-corrected chi connectivity index (χ1v) is 6.31. The maximum absolute atomic E-state index is 11.7. The maximum atomic E-state index is 11.7. The first-order chi connectivity index (χ1) is 9.24. The molecule has 0 unspecified atom stereocenters. The summed E-state index contributed by atoms with van der Waals surface area (Å²) in [6, 6.07) is 8.74. The van der Waals surface area contributed by atoms with Crippen molar-refractivity contribution >= 4 is 23.5 Å². The summed E-state index contributed by atoms with van der Waals surface area (Å²) < 4.78 is 10.2. The van der Waals surface area contributed by atoms with E-state index < -0.39 is 6.09 Å². The number of nitrogens with one attached hydrogen (secondary N) is 1. The third kappa shape index (κ3) is 2.71. The molecule has 5 nitrogen and oxygen atoms in total. The Morgan fingerprint density at radius 1 is 1.37 bits per heavy atom. The predicted octanol–water partition coefficient (Wildman–Crippen LogP) is 3.82. The monoisotopic (exact) mass is 278 g/mol. The molecule has 0 aliphatic heterocycles. The van der Waals surface area contributed by atoms with Gasteiger partial charge in [-0.05, 0) is 25.0 Å². The average molecular weight is 279 g/mol. The van der Waals surface area contributed by atoms with Gasteiger partial charge in [-0.3, -0.25) is 5.32 Å². The number of ether oxygens (including phenoxy) is 1. The van der Waals surface area contributed by atoms with Gasteiger partial charge >= 0.3 is 6.09 Å². The highest BCUT2D eigenvalue weighted by molar-refractivity contribution is 6.34. The lowest BCUT2D eigenvalue weighted by atomic mass is 10.3. The number of hydrogen-bond donors (Lipinski definition) is 1. The van der Waals surface area contributed by atoms with Gasteiger partial charge in [0.15, 0.2) is 11.6 Å². The third-order valence-corrected chi connectivity index (χ3v) is 3.15. The van der Waals surface area contributed by atoms with Gasteiger partial charge in [0, 0.05) is 5.92 Å². The average Bonchev–Trinajstić information content (AvgIpc) is 3.18. The molecule has 1 fully saturated rings. The summed E-state index contributed by atoms with van der Waals surface area (Å²) in [5.41, 5.74) is 0. The van der Waals surface area contributed by atoms with Crippen molar-refractivity contribution in [3.63, 3.8) is 0 Å². The second kappa shape index (κ2) is 4.93. The molecule has 0 saturated heterocycles. The number of nitrogens with zero attached hydrogens (tertiary/aromatic N) is 1. The first-order valence-electron chi connectivity index (χ1n) is 5.93. The van der Waals surface area contributed by atoms with Crippen LogP contribution in [-0.4, -0.2) is 11.2 Å². The van der Waals surface area contributed by atoms with Crippen LogP contribution >= 0.6 is 11.6 Å². The summed E-state index contributed by atoms with van der Waals surface area (Å²) in [4.78, 5) is 11.7. The van der Waals surface area contributed by atoms with Gasteiger partial charge in [0.1, 0.15) is 10.8 Å². The van der Waals surface area contributed by atoms with Gasteiger partial charge in [0.2, 0.25) is 0 Å². The number of para-hydroxylation sites is 1. The molecule has 19 heavy (non-hydrogen) atoms. The van der Waals surface area contributed by atoms with Crippen molar-refractivity contribution in [3.05, 3.63) is 41.1 Å². The van der Waals surface area contributed by atoms with Crippen LogP contribution in [0, 0.1) is 0 Å². The van der Waals surface area contributed by atoms with Crippen LogP contribution < -0.4 is 10.1 Å². The summed E-state index contributed by atoms with van der Waals surface area (Å²) in [6.07, 6.45) is 1.44. The molecule has 3 rings (SSSR count). The Kier molecular flexibility index (Phi) is 3.13. The van der Waals surface area contributed by atoms with Gasteiger partial charge < -0.3 is 9.26 Å². The fourth-order valence-electron chi connectivity index (χ4n) is 1.69. The van der Waals surface area contributed by atoms with Crippen molar-refractivity contribution < 1.29 is 14.1 Å². The van der Waals surface area contributed by atoms with E-state index in [-0.39, 0.29) is 5.82 Å². The fourth-order valence-corrected chi connectivity index (χ4v) is 1.96. The van der Waals surface area contributed by atoms with Crippen LogP contribution in [0.4, 0.5) is 10.6 Å². The van der Waals surface area contributed by atoms with Crippen LogP contribution in [0.2, 0.25) is 5.02 Å². The number of aromatic nitrogens is 1. The molecular weight excluding hydrogens is 268 g/mol. The highest BCUT2D eigenvalue weighted by atomic mass is 35.5. The molecule has 1 heterocycles. The van der Waals surface area contributed by atoms with Crippen molar-refractivity contribution in [2.45, 2.75) is 18.8 Å². The largest absolute Gasteiger partial charge is 0.418 e. The van der Waals surface area contributed by atoms with E-state index in [0.29, 0.717) is 22.5 Å². The molecule has 0 spiro atoms. The Balaban J connectivity index is 1.66. The summed E-state index contributed by atoms with van der Waals surface area (Å²) in [6.45, 7) is 0. The summed E-state index contributed by atoms with van der Waals surface area (Å²) in [5, 5.41) is 6.56. The molecule has 0 radical (unpaired) electrons. The van der Waals surface area contributed by atoms with Crippen molar-refractivity contribution in [1.82, 2.24) is 5.16 Å². The normalized spacial score (nSPS) is 14.2. The van der Waals surface area contributed by atoms with Crippen LogP contribution in [0.25, 0.3) is 0 Å². The van der Waals surface area contributed by atoms with Crippen LogP contribution in [0.3, 0.4) is 0 Å². The summed E-state index contributed by atoms with van der Waals surface area (Å²) >= 11 is 6.08. The van der Waals surface area contributed by atoms with Crippen LogP contribution in [-0.2, 0) is 0 Å². The second-order valence-electron chi connectivity index (χ2n) is 4.31. The number of benzene rings is 1. The van der Waals surface area contributed by atoms with Crippen molar-refractivity contribution in [2.75, 3.05) is 5.32 Å². The molecule has 1 aliphatic rings. The van der Waals surface area contributed by atoms with Crippen molar-refractivity contribution in [1.29, 1.82) is 0 Å². The molecule has 2 aromatic rings. The van der Waals surface area contributed by atoms with Gasteiger partial charge in [-0.1, -0.05) is 35.0 Å². The van der Waals surface area contributed by atoms with E-state index in [2.05, 4.69) is 10.5 Å². The molecule has 1 N–H and O–H groups in total. The highest BCUT2D eigenvalue weighted by Gasteiger charge is 2.32. The van der Waals surface area contributed by atoms with E-state index in [0.717, 1.165) is 12.8 Å². The zero-order valence-electron chi connectivity index (χ0n) is 9.93. The lowest BCUT2D eigenvalue weighted by molar-refractivity contribution is 0.215. The van der Waals surface area contributed by atoms with E-state index in [1.807, 2.05) is 6.07 Å². The number of amides is 1. The van der Waals surface area contributed by atoms with Gasteiger partial charge in [-0.2, -0.15) is 0 Å². The SMILES string of the molecule is O=C(Nc1noc(C2CC2)c1Cl)Oc1ccccc1. The maximum Gasteiger partial charge on any atom is 0.418 e. The number of rotatable bonds is 3. The molecule has 1 aromatic carbocycles. The van der Waals surface area contributed by atoms with E-state index in [4.69, 9.17) is 20.9 Å². The Labute approximate surface area is 114 Å². The Bertz CT molecular complexity index is 593. The fraction of sp³-hybridized carbons (Fsp3) is 0.231. The Morgan fingerprint density at radius 3 is 2.79 bits per heavy atom. The smallest absolute Gasteiger partial charge is 0.410 e. The topological polar surface area (TPSA) is 64.4 Å². The quantitative estimate of drug-likeness (QED) is 0.927.